The molecule has 1 saturated heterocycles. The molecule has 1 aliphatic heterocycles. The number of anilines is 1. The minimum Gasteiger partial charge on any atom is -0.507 e. The fraction of sp³-hybridized carbons (Fsp3) is 0.312. The summed E-state index contributed by atoms with van der Waals surface area (Å²) >= 11 is 6.42. The van der Waals surface area contributed by atoms with Gasteiger partial charge in [-0.3, -0.25) is 14.5 Å². The van der Waals surface area contributed by atoms with Crippen LogP contribution in [0.25, 0.3) is 5.76 Å². The highest BCUT2D eigenvalue weighted by molar-refractivity contribution is 6.52. The van der Waals surface area contributed by atoms with E-state index in [0.29, 0.717) is 46.5 Å². The molecule has 3 aromatic carbocycles. The van der Waals surface area contributed by atoms with Crippen LogP contribution in [-0.2, 0) is 15.0 Å². The number of hydrogen-bond acceptors (Lipinski definition) is 5. The van der Waals surface area contributed by atoms with Crippen LogP contribution in [-0.4, -0.2) is 30.0 Å². The van der Waals surface area contributed by atoms with Gasteiger partial charge in [-0.15, -0.1) is 0 Å². The molecule has 0 saturated carbocycles. The zero-order valence-electron chi connectivity index (χ0n) is 23.2. The van der Waals surface area contributed by atoms with E-state index in [9.17, 15) is 14.7 Å². The van der Waals surface area contributed by atoms with E-state index >= 15 is 0 Å². The van der Waals surface area contributed by atoms with Crippen LogP contribution in [0.2, 0.25) is 5.02 Å². The second-order valence-electron chi connectivity index (χ2n) is 10.5. The number of nitrogens with zero attached hydrogens (tertiary/aromatic N) is 1. The van der Waals surface area contributed by atoms with Crippen LogP contribution in [0.5, 0.6) is 11.5 Å². The molecule has 0 aliphatic carbocycles. The average molecular weight is 548 g/mol. The third-order valence-corrected chi connectivity index (χ3v) is 7.20. The topological polar surface area (TPSA) is 76.1 Å². The number of aryl methyl sites for hydroxylation is 1. The van der Waals surface area contributed by atoms with Gasteiger partial charge >= 0.3 is 0 Å². The van der Waals surface area contributed by atoms with Crippen LogP contribution >= 0.6 is 11.6 Å². The maximum absolute atomic E-state index is 13.6. The van der Waals surface area contributed by atoms with Crippen molar-refractivity contribution < 1.29 is 24.2 Å². The van der Waals surface area contributed by atoms with Crippen LogP contribution in [0.3, 0.4) is 0 Å². The van der Waals surface area contributed by atoms with Crippen LogP contribution in [0.15, 0.2) is 66.2 Å². The quantitative estimate of drug-likeness (QED) is 0.190. The molecule has 1 unspecified atom stereocenters. The number of carbonyl (C=O) groups is 2. The molecule has 1 amide bonds. The molecule has 6 nitrogen and oxygen atoms in total. The number of aliphatic hydroxyl groups excluding tert-OH is 1. The Bertz CT molecular complexity index is 1440. The summed E-state index contributed by atoms with van der Waals surface area (Å²) in [7, 11) is 0. The van der Waals surface area contributed by atoms with Crippen LogP contribution in [0.1, 0.15) is 62.9 Å². The molecule has 4 rings (SSSR count). The van der Waals surface area contributed by atoms with Gasteiger partial charge in [0.2, 0.25) is 0 Å². The highest BCUT2D eigenvalue weighted by Gasteiger charge is 2.47. The lowest BCUT2D eigenvalue weighted by Crippen LogP contribution is -2.29. The molecule has 0 aromatic heterocycles. The molecule has 0 radical (unpaired) electrons. The van der Waals surface area contributed by atoms with Crippen molar-refractivity contribution >= 4 is 34.7 Å². The Balaban J connectivity index is 1.95. The van der Waals surface area contributed by atoms with Gasteiger partial charge in [0.25, 0.3) is 11.7 Å². The molecule has 1 heterocycles. The number of hydrogen-bond donors (Lipinski definition) is 1. The minimum absolute atomic E-state index is 0.0229. The van der Waals surface area contributed by atoms with E-state index in [4.69, 9.17) is 21.1 Å². The largest absolute Gasteiger partial charge is 0.507 e. The first-order valence-electron chi connectivity index (χ1n) is 13.1. The number of ether oxygens (including phenoxy) is 2. The molecular weight excluding hydrogens is 514 g/mol. The first kappa shape index (κ1) is 28.2. The molecule has 39 heavy (non-hydrogen) atoms. The summed E-state index contributed by atoms with van der Waals surface area (Å²) in [6.45, 7) is 12.7. The summed E-state index contributed by atoms with van der Waals surface area (Å²) in [5.74, 6) is -0.921. The Kier molecular flexibility index (Phi) is 8.07. The molecule has 1 aliphatic rings. The van der Waals surface area contributed by atoms with Crippen molar-refractivity contribution in [2.75, 3.05) is 18.1 Å². The summed E-state index contributed by atoms with van der Waals surface area (Å²) in [6, 6.07) is 17.1. The minimum atomic E-state index is -0.876. The van der Waals surface area contributed by atoms with E-state index in [1.165, 1.54) is 4.90 Å². The number of carbonyl (C=O) groups excluding carboxylic acids is 2. The lowest BCUT2D eigenvalue weighted by atomic mass is 9.85. The zero-order chi connectivity index (χ0) is 28.5. The van der Waals surface area contributed by atoms with Gasteiger partial charge in [0.15, 0.2) is 0 Å². The fourth-order valence-corrected chi connectivity index (χ4v) is 4.86. The number of amides is 1. The predicted octanol–water partition coefficient (Wildman–Crippen LogP) is 7.37. The SMILES string of the molecule is CCOc1ccc(/C(O)=C2/C(=O)C(=O)N(c3ccc(C)c(Cl)c3)C2c2ccc(C(C)(C)C)cc2)c(OCC)c1. The van der Waals surface area contributed by atoms with Crippen LogP contribution < -0.4 is 14.4 Å². The lowest BCUT2D eigenvalue weighted by Gasteiger charge is -2.27. The van der Waals surface area contributed by atoms with E-state index < -0.39 is 17.7 Å². The zero-order valence-corrected chi connectivity index (χ0v) is 23.9. The number of Topliss-reactive ketones (excluding diaryl/α,β-unsaturated/α-hetero) is 1. The van der Waals surface area contributed by atoms with Gasteiger partial charge in [-0.2, -0.15) is 0 Å². The van der Waals surface area contributed by atoms with E-state index in [1.807, 2.05) is 45.0 Å². The second-order valence-corrected chi connectivity index (χ2v) is 10.9. The normalized spacial score (nSPS) is 17.0. The van der Waals surface area contributed by atoms with Crippen LogP contribution in [0, 0.1) is 6.92 Å². The van der Waals surface area contributed by atoms with Crippen LogP contribution in [0.4, 0.5) is 5.69 Å². The predicted molar refractivity (Wildman–Crippen MR) is 155 cm³/mol. The van der Waals surface area contributed by atoms with Crippen molar-refractivity contribution in [1.82, 2.24) is 0 Å². The Morgan fingerprint density at radius 3 is 2.21 bits per heavy atom. The lowest BCUT2D eigenvalue weighted by molar-refractivity contribution is -0.132. The Morgan fingerprint density at radius 2 is 1.62 bits per heavy atom. The van der Waals surface area contributed by atoms with Crippen molar-refractivity contribution in [2.24, 2.45) is 0 Å². The molecule has 1 N–H and O–H groups in total. The molecule has 7 heteroatoms. The maximum Gasteiger partial charge on any atom is 0.300 e. The van der Waals surface area contributed by atoms with E-state index in [-0.39, 0.29) is 16.7 Å². The highest BCUT2D eigenvalue weighted by atomic mass is 35.5. The smallest absolute Gasteiger partial charge is 0.300 e. The van der Waals surface area contributed by atoms with Gasteiger partial charge in [-0.1, -0.05) is 62.7 Å². The third kappa shape index (κ3) is 5.52. The second kappa shape index (κ2) is 11.1. The fourth-order valence-electron chi connectivity index (χ4n) is 4.69. The number of ketones is 1. The van der Waals surface area contributed by atoms with Gasteiger partial charge in [-0.25, -0.2) is 0 Å². The standard InChI is InChI=1S/C32H34ClNO5/c1-7-38-23-15-16-24(26(18-23)39-8-2)29(35)27-28(20-10-12-21(13-11-20)32(4,5)6)34(31(37)30(27)36)22-14-9-19(3)25(33)17-22/h9-18,28,35H,7-8H2,1-6H3/b29-27-. The third-order valence-electron chi connectivity index (χ3n) is 6.79. The van der Waals surface area contributed by atoms with Crippen molar-refractivity contribution in [3.8, 4) is 11.5 Å². The van der Waals surface area contributed by atoms with Gasteiger partial charge in [0, 0.05) is 16.8 Å². The van der Waals surface area contributed by atoms with Gasteiger partial charge in [0.1, 0.15) is 17.3 Å². The number of halogens is 1. The first-order valence-corrected chi connectivity index (χ1v) is 13.4. The summed E-state index contributed by atoms with van der Waals surface area (Å²) < 4.78 is 11.4. The van der Waals surface area contributed by atoms with Gasteiger partial charge < -0.3 is 14.6 Å². The average Bonchev–Trinajstić information content (AvgIpc) is 3.16. The molecule has 0 spiro atoms. The van der Waals surface area contributed by atoms with Crippen molar-refractivity contribution in [3.63, 3.8) is 0 Å². The first-order chi connectivity index (χ1) is 18.5. The van der Waals surface area contributed by atoms with E-state index in [1.54, 1.807) is 36.4 Å². The van der Waals surface area contributed by atoms with Crippen molar-refractivity contribution in [2.45, 2.75) is 53.0 Å². The summed E-state index contributed by atoms with van der Waals surface area (Å²) in [6.07, 6.45) is 0. The number of rotatable bonds is 7. The monoisotopic (exact) mass is 547 g/mol. The van der Waals surface area contributed by atoms with E-state index in [0.717, 1.165) is 11.1 Å². The maximum atomic E-state index is 13.6. The van der Waals surface area contributed by atoms with E-state index in [2.05, 4.69) is 20.8 Å². The Hall–Kier alpha value is -3.77. The van der Waals surface area contributed by atoms with Gasteiger partial charge in [0.05, 0.1) is 30.4 Å². The molecule has 1 fully saturated rings. The summed E-state index contributed by atoms with van der Waals surface area (Å²) in [4.78, 5) is 28.5. The molecule has 0 bridgehead atoms. The van der Waals surface area contributed by atoms with Gasteiger partial charge in [-0.05, 0) is 67.1 Å². The van der Waals surface area contributed by atoms with Crippen molar-refractivity contribution in [3.05, 3.63) is 93.5 Å². The summed E-state index contributed by atoms with van der Waals surface area (Å²) in [5.41, 5.74) is 3.30. The highest BCUT2D eigenvalue weighted by Crippen LogP contribution is 2.44. The Morgan fingerprint density at radius 1 is 0.949 bits per heavy atom. The molecule has 3 aromatic rings. The molecule has 1 atom stereocenters. The molecule has 204 valence electrons. The number of benzene rings is 3. The van der Waals surface area contributed by atoms with Crippen molar-refractivity contribution in [1.29, 1.82) is 0 Å². The summed E-state index contributed by atoms with van der Waals surface area (Å²) in [5, 5.41) is 12.1. The Labute approximate surface area is 234 Å². The number of aliphatic hydroxyl groups is 1. The molecular formula is C32H34ClNO5.